The minimum Gasteiger partial charge on any atom is -0.398 e. The first-order chi connectivity index (χ1) is 7.75. The Kier molecular flexibility index (Phi) is 3.78. The average molecular weight is 222 g/mol. The third-order valence-corrected chi connectivity index (χ3v) is 3.28. The first-order valence-corrected chi connectivity index (χ1v) is 6.03. The highest BCUT2D eigenvalue weighted by Gasteiger charge is 2.12. The Morgan fingerprint density at radius 2 is 2.25 bits per heavy atom. The molecular weight excluding hydrogens is 203 g/mol. The summed E-state index contributed by atoms with van der Waals surface area (Å²) < 4.78 is 12.9. The molecule has 3 N–H and O–H groups in total. The molecule has 0 aromatic heterocycles. The van der Waals surface area contributed by atoms with E-state index in [1.807, 2.05) is 0 Å². The van der Waals surface area contributed by atoms with Crippen molar-refractivity contribution in [2.45, 2.75) is 38.1 Å². The summed E-state index contributed by atoms with van der Waals surface area (Å²) in [5.41, 5.74) is 7.42. The number of halogens is 1. The summed E-state index contributed by atoms with van der Waals surface area (Å²) in [6, 6.07) is 5.30. The topological polar surface area (TPSA) is 38.0 Å². The van der Waals surface area contributed by atoms with E-state index in [0.29, 0.717) is 11.7 Å². The predicted octanol–water partition coefficient (Wildman–Crippen LogP) is 2.48. The van der Waals surface area contributed by atoms with Crippen LogP contribution >= 0.6 is 0 Å². The Morgan fingerprint density at radius 3 is 2.94 bits per heavy atom. The summed E-state index contributed by atoms with van der Waals surface area (Å²) >= 11 is 0. The maximum atomic E-state index is 12.9. The molecule has 1 aliphatic heterocycles. The minimum atomic E-state index is -0.253. The zero-order valence-corrected chi connectivity index (χ0v) is 9.51. The van der Waals surface area contributed by atoms with Crippen molar-refractivity contribution in [1.82, 2.24) is 5.32 Å². The van der Waals surface area contributed by atoms with Crippen LogP contribution in [0, 0.1) is 5.82 Å². The van der Waals surface area contributed by atoms with Crippen LogP contribution in [-0.4, -0.2) is 12.6 Å². The van der Waals surface area contributed by atoms with Crippen molar-refractivity contribution >= 4 is 5.69 Å². The monoisotopic (exact) mass is 222 g/mol. The van der Waals surface area contributed by atoms with Crippen molar-refractivity contribution < 1.29 is 4.39 Å². The van der Waals surface area contributed by atoms with E-state index in [4.69, 9.17) is 5.73 Å². The maximum absolute atomic E-state index is 12.9. The lowest BCUT2D eigenvalue weighted by molar-refractivity contribution is 0.383. The molecule has 3 heteroatoms. The first-order valence-electron chi connectivity index (χ1n) is 6.03. The lowest BCUT2D eigenvalue weighted by Gasteiger charge is -2.23. The number of rotatable bonds is 3. The fraction of sp³-hybridized carbons (Fsp3) is 0.538. The summed E-state index contributed by atoms with van der Waals surface area (Å²) in [4.78, 5) is 0. The van der Waals surface area contributed by atoms with Gasteiger partial charge < -0.3 is 11.1 Å². The molecule has 1 saturated heterocycles. The van der Waals surface area contributed by atoms with Crippen LogP contribution in [0.15, 0.2) is 18.2 Å². The summed E-state index contributed by atoms with van der Waals surface area (Å²) in [6.45, 7) is 1.13. The van der Waals surface area contributed by atoms with Crippen molar-refractivity contribution in [3.63, 3.8) is 0 Å². The zero-order valence-electron chi connectivity index (χ0n) is 9.51. The summed E-state index contributed by atoms with van der Waals surface area (Å²) in [6.07, 6.45) is 5.88. The van der Waals surface area contributed by atoms with E-state index in [-0.39, 0.29) is 5.82 Å². The summed E-state index contributed by atoms with van der Waals surface area (Å²) in [5.74, 6) is -0.253. The molecule has 2 rings (SSSR count). The molecule has 0 saturated carbocycles. The van der Waals surface area contributed by atoms with Gasteiger partial charge in [0.2, 0.25) is 0 Å². The van der Waals surface area contributed by atoms with E-state index >= 15 is 0 Å². The lowest BCUT2D eigenvalue weighted by Crippen LogP contribution is -2.34. The smallest absolute Gasteiger partial charge is 0.125 e. The second kappa shape index (κ2) is 5.30. The van der Waals surface area contributed by atoms with Crippen molar-refractivity contribution in [2.24, 2.45) is 0 Å². The van der Waals surface area contributed by atoms with Gasteiger partial charge in [0.25, 0.3) is 0 Å². The fourth-order valence-electron chi connectivity index (χ4n) is 2.29. The van der Waals surface area contributed by atoms with E-state index in [2.05, 4.69) is 5.32 Å². The van der Waals surface area contributed by atoms with Crippen LogP contribution in [0.3, 0.4) is 0 Å². The summed E-state index contributed by atoms with van der Waals surface area (Å²) in [7, 11) is 0. The highest BCUT2D eigenvalue weighted by molar-refractivity contribution is 5.46. The number of nitrogen functional groups attached to an aromatic ring is 1. The highest BCUT2D eigenvalue weighted by atomic mass is 19.1. The quantitative estimate of drug-likeness (QED) is 0.771. The highest BCUT2D eigenvalue weighted by Crippen LogP contribution is 2.18. The van der Waals surface area contributed by atoms with Gasteiger partial charge in [-0.3, -0.25) is 0 Å². The van der Waals surface area contributed by atoms with Gasteiger partial charge in [0.1, 0.15) is 5.82 Å². The number of piperidine rings is 1. The first kappa shape index (κ1) is 11.4. The van der Waals surface area contributed by atoms with E-state index in [0.717, 1.165) is 24.9 Å². The molecule has 1 aromatic rings. The van der Waals surface area contributed by atoms with Gasteiger partial charge in [-0.25, -0.2) is 4.39 Å². The molecule has 0 spiro atoms. The molecule has 1 unspecified atom stereocenters. The van der Waals surface area contributed by atoms with E-state index in [1.54, 1.807) is 6.07 Å². The van der Waals surface area contributed by atoms with Gasteiger partial charge in [-0.1, -0.05) is 12.5 Å². The van der Waals surface area contributed by atoms with Gasteiger partial charge in [0, 0.05) is 11.7 Å². The summed E-state index contributed by atoms with van der Waals surface area (Å²) in [5, 5.41) is 3.51. The fourth-order valence-corrected chi connectivity index (χ4v) is 2.29. The standard InChI is InChI=1S/C13H19FN2/c14-11-6-4-10(13(15)9-11)5-7-12-3-1-2-8-16-12/h4,6,9,12,16H,1-3,5,7-8,15H2. The number of anilines is 1. The Hall–Kier alpha value is -1.09. The van der Waals surface area contributed by atoms with Crippen LogP contribution in [0.5, 0.6) is 0 Å². The van der Waals surface area contributed by atoms with Crippen molar-refractivity contribution in [3.8, 4) is 0 Å². The lowest BCUT2D eigenvalue weighted by atomic mass is 9.97. The van der Waals surface area contributed by atoms with Gasteiger partial charge in [-0.15, -0.1) is 0 Å². The Labute approximate surface area is 96.0 Å². The second-order valence-corrected chi connectivity index (χ2v) is 4.53. The predicted molar refractivity (Wildman–Crippen MR) is 64.8 cm³/mol. The third kappa shape index (κ3) is 2.95. The molecule has 0 bridgehead atoms. The van der Waals surface area contributed by atoms with Crippen LogP contribution in [0.25, 0.3) is 0 Å². The molecule has 1 aromatic carbocycles. The zero-order chi connectivity index (χ0) is 11.4. The van der Waals surface area contributed by atoms with Crippen LogP contribution in [-0.2, 0) is 6.42 Å². The largest absolute Gasteiger partial charge is 0.398 e. The minimum absolute atomic E-state index is 0.253. The molecule has 0 radical (unpaired) electrons. The Balaban J connectivity index is 1.88. The molecule has 0 aliphatic carbocycles. The number of hydrogen-bond acceptors (Lipinski definition) is 2. The van der Waals surface area contributed by atoms with Gasteiger partial charge in [0.15, 0.2) is 0 Å². The molecule has 2 nitrogen and oxygen atoms in total. The molecule has 1 aliphatic rings. The van der Waals surface area contributed by atoms with Gasteiger partial charge in [0.05, 0.1) is 0 Å². The second-order valence-electron chi connectivity index (χ2n) is 4.53. The number of benzene rings is 1. The molecule has 1 atom stereocenters. The van der Waals surface area contributed by atoms with Gasteiger partial charge in [-0.2, -0.15) is 0 Å². The molecular formula is C13H19FN2. The Bertz CT molecular complexity index is 346. The Morgan fingerprint density at radius 1 is 1.38 bits per heavy atom. The normalized spacial score (nSPS) is 20.9. The van der Waals surface area contributed by atoms with E-state index in [1.165, 1.54) is 31.4 Å². The molecule has 1 fully saturated rings. The molecule has 0 amide bonds. The molecule has 88 valence electrons. The van der Waals surface area contributed by atoms with Gasteiger partial charge >= 0.3 is 0 Å². The molecule has 1 heterocycles. The van der Waals surface area contributed by atoms with E-state index in [9.17, 15) is 4.39 Å². The number of aryl methyl sites for hydroxylation is 1. The SMILES string of the molecule is Nc1cc(F)ccc1CCC1CCCCN1. The van der Waals surface area contributed by atoms with E-state index < -0.39 is 0 Å². The van der Waals surface area contributed by atoms with Crippen LogP contribution in [0.2, 0.25) is 0 Å². The van der Waals surface area contributed by atoms with Crippen molar-refractivity contribution in [1.29, 1.82) is 0 Å². The average Bonchev–Trinajstić information content (AvgIpc) is 2.29. The molecule has 16 heavy (non-hydrogen) atoms. The number of hydrogen-bond donors (Lipinski definition) is 2. The van der Waals surface area contributed by atoms with Gasteiger partial charge in [-0.05, 0) is 49.9 Å². The van der Waals surface area contributed by atoms with Crippen LogP contribution in [0.1, 0.15) is 31.2 Å². The maximum Gasteiger partial charge on any atom is 0.125 e. The number of nitrogens with two attached hydrogens (primary N) is 1. The van der Waals surface area contributed by atoms with Crippen LogP contribution in [0.4, 0.5) is 10.1 Å². The van der Waals surface area contributed by atoms with Crippen molar-refractivity contribution in [2.75, 3.05) is 12.3 Å². The third-order valence-electron chi connectivity index (χ3n) is 3.28. The van der Waals surface area contributed by atoms with Crippen molar-refractivity contribution in [3.05, 3.63) is 29.6 Å². The number of nitrogens with one attached hydrogen (secondary N) is 1. The van der Waals surface area contributed by atoms with Crippen LogP contribution < -0.4 is 11.1 Å².